The molecule has 2 aromatic carbocycles. The molecule has 0 unspecified atom stereocenters. The van der Waals surface area contributed by atoms with Crippen LogP contribution in [-0.2, 0) is 6.54 Å². The Labute approximate surface area is 132 Å². The molecule has 2 rings (SSSR count). The fraction of sp³-hybridized carbons (Fsp3) is 0.333. The molecule has 2 nitrogen and oxygen atoms in total. The third-order valence-electron chi connectivity index (χ3n) is 3.62. The minimum atomic E-state index is 0.783. The average Bonchev–Trinajstić information content (AvgIpc) is 2.47. The zero-order chi connectivity index (χ0) is 15.2. The van der Waals surface area contributed by atoms with Crippen LogP contribution >= 0.6 is 11.6 Å². The van der Waals surface area contributed by atoms with Gasteiger partial charge in [0.1, 0.15) is 0 Å². The number of anilines is 2. The Hall–Kier alpha value is -1.51. The van der Waals surface area contributed by atoms with Gasteiger partial charge in [0.25, 0.3) is 0 Å². The van der Waals surface area contributed by atoms with Gasteiger partial charge in [-0.2, -0.15) is 0 Å². The quantitative estimate of drug-likeness (QED) is 0.762. The predicted octanol–water partition coefficient (Wildman–Crippen LogP) is 4.92. The van der Waals surface area contributed by atoms with Crippen molar-refractivity contribution in [2.45, 2.75) is 26.8 Å². The first-order valence-electron chi connectivity index (χ1n) is 7.42. The van der Waals surface area contributed by atoms with Gasteiger partial charge < -0.3 is 10.2 Å². The van der Waals surface area contributed by atoms with Crippen molar-refractivity contribution >= 4 is 23.0 Å². The van der Waals surface area contributed by atoms with Gasteiger partial charge in [-0.05, 0) is 55.3 Å². The first kappa shape index (κ1) is 15.9. The number of para-hydroxylation sites is 1. The van der Waals surface area contributed by atoms with E-state index in [1.807, 2.05) is 12.1 Å². The minimum Gasteiger partial charge on any atom is -0.344 e. The lowest BCUT2D eigenvalue weighted by molar-refractivity contribution is 0.675. The smallest absolute Gasteiger partial charge is 0.0454 e. The van der Waals surface area contributed by atoms with E-state index in [1.165, 1.54) is 22.5 Å². The molecule has 0 saturated heterocycles. The first-order chi connectivity index (χ1) is 10.1. The largest absolute Gasteiger partial charge is 0.344 e. The molecule has 2 aromatic rings. The summed E-state index contributed by atoms with van der Waals surface area (Å²) in [6.45, 7) is 6.15. The van der Waals surface area contributed by atoms with Crippen LogP contribution in [0.5, 0.6) is 0 Å². The van der Waals surface area contributed by atoms with Crippen molar-refractivity contribution in [1.82, 2.24) is 5.32 Å². The van der Waals surface area contributed by atoms with Gasteiger partial charge in [0.05, 0.1) is 0 Å². The Balaban J connectivity index is 2.31. The van der Waals surface area contributed by atoms with Crippen molar-refractivity contribution < 1.29 is 0 Å². The van der Waals surface area contributed by atoms with Gasteiger partial charge in [-0.3, -0.25) is 0 Å². The summed E-state index contributed by atoms with van der Waals surface area (Å²) in [7, 11) is 2.11. The van der Waals surface area contributed by atoms with Gasteiger partial charge in [-0.15, -0.1) is 0 Å². The SMILES string of the molecule is CCCNCc1cc(Cl)ccc1N(C)c1ccccc1C. The van der Waals surface area contributed by atoms with Crippen molar-refractivity contribution in [2.75, 3.05) is 18.5 Å². The van der Waals surface area contributed by atoms with Gasteiger partial charge in [0, 0.05) is 30.0 Å². The number of benzene rings is 2. The summed E-state index contributed by atoms with van der Waals surface area (Å²) in [6.07, 6.45) is 1.13. The molecule has 112 valence electrons. The van der Waals surface area contributed by atoms with Crippen LogP contribution in [0.15, 0.2) is 42.5 Å². The lowest BCUT2D eigenvalue weighted by atomic mass is 10.1. The molecule has 3 heteroatoms. The lowest BCUT2D eigenvalue weighted by Crippen LogP contribution is -2.18. The van der Waals surface area contributed by atoms with Crippen LogP contribution in [0.1, 0.15) is 24.5 Å². The maximum atomic E-state index is 6.17. The zero-order valence-electron chi connectivity index (χ0n) is 13.0. The third kappa shape index (κ3) is 3.99. The summed E-state index contributed by atoms with van der Waals surface area (Å²) in [5, 5.41) is 4.24. The van der Waals surface area contributed by atoms with E-state index in [1.54, 1.807) is 0 Å². The maximum Gasteiger partial charge on any atom is 0.0454 e. The summed E-state index contributed by atoms with van der Waals surface area (Å²) >= 11 is 6.17. The van der Waals surface area contributed by atoms with Crippen LogP contribution in [0, 0.1) is 6.92 Å². The van der Waals surface area contributed by atoms with Crippen LogP contribution in [0.2, 0.25) is 5.02 Å². The fourth-order valence-electron chi connectivity index (χ4n) is 2.49. The molecule has 1 N–H and O–H groups in total. The van der Waals surface area contributed by atoms with E-state index in [0.29, 0.717) is 0 Å². The van der Waals surface area contributed by atoms with E-state index in [4.69, 9.17) is 11.6 Å². The van der Waals surface area contributed by atoms with E-state index >= 15 is 0 Å². The standard InChI is InChI=1S/C18H23ClN2/c1-4-11-20-13-15-12-16(19)9-10-18(15)21(3)17-8-6-5-7-14(17)2/h5-10,12,20H,4,11,13H2,1-3H3. The monoisotopic (exact) mass is 302 g/mol. The average molecular weight is 303 g/mol. The Morgan fingerprint density at radius 1 is 1.10 bits per heavy atom. The number of halogens is 1. The van der Waals surface area contributed by atoms with E-state index in [-0.39, 0.29) is 0 Å². The summed E-state index contributed by atoms with van der Waals surface area (Å²) in [4.78, 5) is 2.23. The number of hydrogen-bond donors (Lipinski definition) is 1. The van der Waals surface area contributed by atoms with Crippen LogP contribution in [0.4, 0.5) is 11.4 Å². The minimum absolute atomic E-state index is 0.783. The number of nitrogens with one attached hydrogen (secondary N) is 1. The highest BCUT2D eigenvalue weighted by molar-refractivity contribution is 6.30. The number of hydrogen-bond acceptors (Lipinski definition) is 2. The van der Waals surface area contributed by atoms with Crippen molar-refractivity contribution in [3.63, 3.8) is 0 Å². The zero-order valence-corrected chi connectivity index (χ0v) is 13.7. The second kappa shape index (κ2) is 7.48. The molecule has 21 heavy (non-hydrogen) atoms. The van der Waals surface area contributed by atoms with Crippen molar-refractivity contribution in [3.8, 4) is 0 Å². The van der Waals surface area contributed by atoms with Gasteiger partial charge in [-0.1, -0.05) is 36.7 Å². The molecule has 0 aromatic heterocycles. The van der Waals surface area contributed by atoms with E-state index < -0.39 is 0 Å². The van der Waals surface area contributed by atoms with Gasteiger partial charge in [-0.25, -0.2) is 0 Å². The normalized spacial score (nSPS) is 10.7. The molecule has 0 fully saturated rings. The van der Waals surface area contributed by atoms with Crippen molar-refractivity contribution in [2.24, 2.45) is 0 Å². The van der Waals surface area contributed by atoms with E-state index in [9.17, 15) is 0 Å². The van der Waals surface area contributed by atoms with Gasteiger partial charge in [0.15, 0.2) is 0 Å². The Bertz CT molecular complexity index is 596. The predicted molar refractivity (Wildman–Crippen MR) is 92.7 cm³/mol. The summed E-state index contributed by atoms with van der Waals surface area (Å²) < 4.78 is 0. The van der Waals surface area contributed by atoms with Crippen LogP contribution in [0.25, 0.3) is 0 Å². The molecule has 0 aliphatic rings. The topological polar surface area (TPSA) is 15.3 Å². The highest BCUT2D eigenvalue weighted by Gasteiger charge is 2.11. The molecule has 0 radical (unpaired) electrons. The summed E-state index contributed by atoms with van der Waals surface area (Å²) in [5.74, 6) is 0. The highest BCUT2D eigenvalue weighted by Crippen LogP contribution is 2.31. The molecule has 0 bridgehead atoms. The molecular formula is C18H23ClN2. The van der Waals surface area contributed by atoms with Crippen LogP contribution < -0.4 is 10.2 Å². The Kier molecular flexibility index (Phi) is 5.66. The van der Waals surface area contributed by atoms with Crippen LogP contribution in [-0.4, -0.2) is 13.6 Å². The van der Waals surface area contributed by atoms with Gasteiger partial charge in [0.2, 0.25) is 0 Å². The first-order valence-corrected chi connectivity index (χ1v) is 7.79. The maximum absolute atomic E-state index is 6.17. The highest BCUT2D eigenvalue weighted by atomic mass is 35.5. The Morgan fingerprint density at radius 2 is 1.86 bits per heavy atom. The second-order valence-corrected chi connectivity index (χ2v) is 5.73. The van der Waals surface area contributed by atoms with Crippen molar-refractivity contribution in [1.29, 1.82) is 0 Å². The fourth-order valence-corrected chi connectivity index (χ4v) is 2.69. The molecule has 0 amide bonds. The molecular weight excluding hydrogens is 280 g/mol. The summed E-state index contributed by atoms with van der Waals surface area (Å²) in [6, 6.07) is 14.5. The summed E-state index contributed by atoms with van der Waals surface area (Å²) in [5.41, 5.74) is 4.90. The number of rotatable bonds is 6. The van der Waals surface area contributed by atoms with Gasteiger partial charge >= 0.3 is 0 Å². The molecule has 0 aliphatic heterocycles. The molecule has 0 saturated carbocycles. The van der Waals surface area contributed by atoms with E-state index in [2.05, 4.69) is 61.4 Å². The molecule has 0 aliphatic carbocycles. The lowest BCUT2D eigenvalue weighted by Gasteiger charge is -2.24. The third-order valence-corrected chi connectivity index (χ3v) is 3.86. The Morgan fingerprint density at radius 3 is 2.57 bits per heavy atom. The van der Waals surface area contributed by atoms with Crippen molar-refractivity contribution in [3.05, 3.63) is 58.6 Å². The second-order valence-electron chi connectivity index (χ2n) is 5.30. The van der Waals surface area contributed by atoms with E-state index in [0.717, 1.165) is 24.5 Å². The molecule has 0 atom stereocenters. The molecule has 0 heterocycles. The number of nitrogens with zero attached hydrogens (tertiary/aromatic N) is 1. The molecule has 0 spiro atoms. The van der Waals surface area contributed by atoms with Crippen LogP contribution in [0.3, 0.4) is 0 Å². The number of aryl methyl sites for hydroxylation is 1.